The second-order valence-corrected chi connectivity index (χ2v) is 8.97. The number of hydrogen-bond donors (Lipinski definition) is 1. The van der Waals surface area contributed by atoms with Gasteiger partial charge in [0.2, 0.25) is 5.43 Å². The van der Waals surface area contributed by atoms with Crippen LogP contribution >= 0.6 is 0 Å². The quantitative estimate of drug-likeness (QED) is 0.308. The fourth-order valence-electron chi connectivity index (χ4n) is 4.24. The van der Waals surface area contributed by atoms with Gasteiger partial charge in [0.15, 0.2) is 23.0 Å². The molecule has 11 heteroatoms. The third kappa shape index (κ3) is 4.96. The van der Waals surface area contributed by atoms with Crippen LogP contribution in [0.3, 0.4) is 0 Å². The lowest BCUT2D eigenvalue weighted by molar-refractivity contribution is 0.101. The highest BCUT2D eigenvalue weighted by molar-refractivity contribution is 6.03. The van der Waals surface area contributed by atoms with Gasteiger partial charge in [-0.3, -0.25) is 19.3 Å². The van der Waals surface area contributed by atoms with E-state index in [-0.39, 0.29) is 22.7 Å². The van der Waals surface area contributed by atoms with Crippen LogP contribution in [0.1, 0.15) is 21.7 Å². The predicted molar refractivity (Wildman–Crippen MR) is 145 cm³/mol. The maximum Gasteiger partial charge on any atom is 0.280 e. The number of fused-ring (bicyclic) bond motifs is 1. The number of amides is 1. The highest BCUT2D eigenvalue weighted by atomic mass is 19.1. The maximum absolute atomic E-state index is 15.0. The molecule has 5 aromatic rings. The number of halogens is 2. The van der Waals surface area contributed by atoms with Crippen molar-refractivity contribution in [3.63, 3.8) is 0 Å². The lowest BCUT2D eigenvalue weighted by atomic mass is 9.98. The first-order valence-electron chi connectivity index (χ1n) is 12.1. The van der Waals surface area contributed by atoms with E-state index in [1.54, 1.807) is 33.0 Å². The van der Waals surface area contributed by atoms with Gasteiger partial charge in [-0.2, -0.15) is 5.10 Å². The van der Waals surface area contributed by atoms with Gasteiger partial charge in [0.25, 0.3) is 5.91 Å². The zero-order chi connectivity index (χ0) is 28.6. The molecule has 9 nitrogen and oxygen atoms in total. The minimum Gasteiger partial charge on any atom is -0.495 e. The van der Waals surface area contributed by atoms with Gasteiger partial charge in [0.05, 0.1) is 24.4 Å². The third-order valence-corrected chi connectivity index (χ3v) is 6.37. The van der Waals surface area contributed by atoms with Gasteiger partial charge in [0.1, 0.15) is 17.1 Å². The van der Waals surface area contributed by atoms with Crippen LogP contribution in [0.15, 0.2) is 65.7 Å². The van der Waals surface area contributed by atoms with Crippen LogP contribution in [-0.2, 0) is 7.05 Å². The van der Waals surface area contributed by atoms with E-state index in [1.165, 1.54) is 54.5 Å². The van der Waals surface area contributed by atoms with Crippen LogP contribution in [0.25, 0.3) is 22.2 Å². The van der Waals surface area contributed by atoms with E-state index in [2.05, 4.69) is 20.4 Å². The van der Waals surface area contributed by atoms with Crippen molar-refractivity contribution in [2.45, 2.75) is 13.8 Å². The minimum absolute atomic E-state index is 0.0845. The Morgan fingerprint density at radius 1 is 1.00 bits per heavy atom. The number of nitrogens with one attached hydrogen (secondary N) is 1. The summed E-state index contributed by atoms with van der Waals surface area (Å²) in [6, 6.07) is 11.1. The number of benzene rings is 2. The number of hydrogen-bond acceptors (Lipinski definition) is 7. The van der Waals surface area contributed by atoms with Crippen LogP contribution in [0.2, 0.25) is 0 Å². The van der Waals surface area contributed by atoms with E-state index in [0.29, 0.717) is 33.6 Å². The molecule has 3 aromatic heterocycles. The maximum atomic E-state index is 15.0. The monoisotopic (exact) mass is 543 g/mol. The van der Waals surface area contributed by atoms with Crippen molar-refractivity contribution < 1.29 is 23.0 Å². The highest BCUT2D eigenvalue weighted by Crippen LogP contribution is 2.31. The van der Waals surface area contributed by atoms with Crippen molar-refractivity contribution >= 4 is 22.6 Å². The molecule has 0 saturated carbocycles. The molecule has 0 aliphatic heterocycles. The van der Waals surface area contributed by atoms with Crippen molar-refractivity contribution in [2.75, 3.05) is 12.4 Å². The Kier molecular flexibility index (Phi) is 6.95. The molecular formula is C29H23F2N5O4. The van der Waals surface area contributed by atoms with Crippen molar-refractivity contribution in [1.82, 2.24) is 19.7 Å². The second-order valence-electron chi connectivity index (χ2n) is 8.97. The summed E-state index contributed by atoms with van der Waals surface area (Å²) < 4.78 is 41.0. The molecule has 3 heterocycles. The molecule has 2 aromatic carbocycles. The molecule has 1 amide bonds. The summed E-state index contributed by atoms with van der Waals surface area (Å²) in [5.41, 5.74) is 1.73. The number of nitrogens with zero attached hydrogens (tertiary/aromatic N) is 4. The molecule has 40 heavy (non-hydrogen) atoms. The van der Waals surface area contributed by atoms with Gasteiger partial charge < -0.3 is 14.8 Å². The largest absolute Gasteiger partial charge is 0.495 e. The number of aromatic nitrogens is 4. The van der Waals surface area contributed by atoms with Crippen LogP contribution in [0.5, 0.6) is 17.2 Å². The molecule has 0 aliphatic rings. The summed E-state index contributed by atoms with van der Waals surface area (Å²) in [6.45, 7) is 3.35. The van der Waals surface area contributed by atoms with Gasteiger partial charge in [-0.15, -0.1) is 0 Å². The van der Waals surface area contributed by atoms with Gasteiger partial charge in [-0.25, -0.2) is 13.8 Å². The zero-order valence-corrected chi connectivity index (χ0v) is 22.0. The molecule has 5 rings (SSSR count). The van der Waals surface area contributed by atoms with Crippen LogP contribution in [0, 0.1) is 25.5 Å². The summed E-state index contributed by atoms with van der Waals surface area (Å²) in [6.07, 6.45) is 3.00. The van der Waals surface area contributed by atoms with E-state index in [4.69, 9.17) is 9.47 Å². The fourth-order valence-corrected chi connectivity index (χ4v) is 4.24. The summed E-state index contributed by atoms with van der Waals surface area (Å²) in [5, 5.41) is 6.63. The van der Waals surface area contributed by atoms with Gasteiger partial charge in [-0.05, 0) is 49.2 Å². The number of aryl methyl sites for hydroxylation is 2. The molecule has 202 valence electrons. The van der Waals surface area contributed by atoms with Crippen molar-refractivity contribution in [3.8, 4) is 28.4 Å². The highest BCUT2D eigenvalue weighted by Gasteiger charge is 2.22. The van der Waals surface area contributed by atoms with Crippen molar-refractivity contribution in [3.05, 3.63) is 99.7 Å². The lowest BCUT2D eigenvalue weighted by Gasteiger charge is -2.14. The first-order chi connectivity index (χ1) is 19.2. The lowest BCUT2D eigenvalue weighted by Crippen LogP contribution is -2.28. The minimum atomic E-state index is -0.826. The Bertz CT molecular complexity index is 1860. The molecule has 0 aliphatic carbocycles. The zero-order valence-electron chi connectivity index (χ0n) is 22.0. The van der Waals surface area contributed by atoms with Crippen molar-refractivity contribution in [2.24, 2.45) is 7.05 Å². The Morgan fingerprint density at radius 2 is 1.80 bits per heavy atom. The number of methoxy groups -OCH3 is 1. The molecule has 0 unspecified atom stereocenters. The van der Waals surface area contributed by atoms with Crippen molar-refractivity contribution in [1.29, 1.82) is 0 Å². The molecule has 0 fully saturated rings. The number of pyridine rings is 2. The standard InChI is InChI=1S/C29H23F2N5O4/c1-15-11-17(30)5-7-20(15)25-16(2)36(3)35-27(28(25)37)29(38)34-18-6-8-23(21(31)12-18)40-24-9-10-32-22-13-19(39-4)14-33-26(22)24/h5-14H,1-4H3,(H,34,38). The molecule has 0 saturated heterocycles. The number of carbonyl (C=O) groups is 1. The average molecular weight is 544 g/mol. The van der Waals surface area contributed by atoms with Crippen LogP contribution in [-0.4, -0.2) is 32.8 Å². The van der Waals surface area contributed by atoms with Gasteiger partial charge in [0, 0.05) is 42.8 Å². The van der Waals surface area contributed by atoms with Gasteiger partial charge >= 0.3 is 0 Å². The molecule has 0 spiro atoms. The van der Waals surface area contributed by atoms with E-state index in [1.807, 2.05) is 0 Å². The molecule has 0 bridgehead atoms. The van der Waals surface area contributed by atoms with Gasteiger partial charge in [-0.1, -0.05) is 6.07 Å². The normalized spacial score (nSPS) is 10.9. The number of anilines is 1. The fraction of sp³-hybridized carbons (Fsp3) is 0.138. The Hall–Kier alpha value is -5.19. The third-order valence-electron chi connectivity index (χ3n) is 6.37. The SMILES string of the molecule is COc1cnc2c(Oc3ccc(NC(=O)c4nn(C)c(C)c(-c5ccc(F)cc5C)c4=O)cc3F)ccnc2c1. The van der Waals surface area contributed by atoms with E-state index in [0.717, 1.165) is 6.07 Å². The van der Waals surface area contributed by atoms with Crippen LogP contribution in [0.4, 0.5) is 14.5 Å². The average Bonchev–Trinajstić information content (AvgIpc) is 2.93. The van der Waals surface area contributed by atoms with E-state index >= 15 is 4.39 Å². The molecular weight excluding hydrogens is 520 g/mol. The molecule has 0 atom stereocenters. The summed E-state index contributed by atoms with van der Waals surface area (Å²) in [7, 11) is 3.10. The van der Waals surface area contributed by atoms with Crippen LogP contribution < -0.4 is 20.2 Å². The smallest absolute Gasteiger partial charge is 0.280 e. The van der Waals surface area contributed by atoms with E-state index < -0.39 is 28.7 Å². The summed E-state index contributed by atoms with van der Waals surface area (Å²) >= 11 is 0. The Morgan fingerprint density at radius 3 is 2.52 bits per heavy atom. The summed E-state index contributed by atoms with van der Waals surface area (Å²) in [5.74, 6) is -1.34. The number of rotatable bonds is 6. The number of carbonyl (C=O) groups excluding carboxylic acids is 1. The molecule has 0 radical (unpaired) electrons. The second kappa shape index (κ2) is 10.5. The topological polar surface area (TPSA) is 108 Å². The Balaban J connectivity index is 1.42. The Labute approximate surface area is 227 Å². The molecule has 1 N–H and O–H groups in total. The predicted octanol–water partition coefficient (Wildman–Crippen LogP) is 5.34. The summed E-state index contributed by atoms with van der Waals surface area (Å²) in [4.78, 5) is 34.9. The first kappa shape index (κ1) is 26.4. The first-order valence-corrected chi connectivity index (χ1v) is 12.1. The van der Waals surface area contributed by atoms with E-state index in [9.17, 15) is 14.0 Å². The number of ether oxygens (including phenoxy) is 2.